The summed E-state index contributed by atoms with van der Waals surface area (Å²) in [5.74, 6) is 1.02. The molecular weight excluding hydrogens is 314 g/mol. The van der Waals surface area contributed by atoms with Crippen molar-refractivity contribution in [3.63, 3.8) is 0 Å². The van der Waals surface area contributed by atoms with Gasteiger partial charge in [-0.25, -0.2) is 0 Å². The highest BCUT2D eigenvalue weighted by atomic mass is 35.5. The van der Waals surface area contributed by atoms with Gasteiger partial charge in [-0.2, -0.15) is 0 Å². The van der Waals surface area contributed by atoms with Gasteiger partial charge >= 0.3 is 0 Å². The van der Waals surface area contributed by atoms with Gasteiger partial charge in [-0.3, -0.25) is 9.69 Å². The van der Waals surface area contributed by atoms with Crippen LogP contribution in [0.2, 0.25) is 0 Å². The molecule has 0 aromatic heterocycles. The number of amides is 1. The van der Waals surface area contributed by atoms with Crippen LogP contribution in [-0.2, 0) is 11.2 Å². The molecule has 23 heavy (non-hydrogen) atoms. The Morgan fingerprint density at radius 3 is 2.65 bits per heavy atom. The minimum absolute atomic E-state index is 0. The maximum atomic E-state index is 12.7. The first-order valence-corrected chi connectivity index (χ1v) is 8.29. The molecule has 1 amide bonds. The number of fused-ring (bicyclic) bond motifs is 1. The number of hydrogen-bond acceptors (Lipinski definition) is 4. The number of piperazine rings is 1. The molecule has 3 aliphatic heterocycles. The van der Waals surface area contributed by atoms with Crippen LogP contribution in [0.3, 0.4) is 0 Å². The zero-order chi connectivity index (χ0) is 14.9. The van der Waals surface area contributed by atoms with Gasteiger partial charge in [0.15, 0.2) is 6.10 Å². The van der Waals surface area contributed by atoms with E-state index in [-0.39, 0.29) is 24.4 Å². The molecule has 2 atom stereocenters. The average Bonchev–Trinajstić information content (AvgIpc) is 3.23. The quantitative estimate of drug-likeness (QED) is 0.871. The molecule has 1 N–H and O–H groups in total. The number of nitrogens with one attached hydrogen (secondary N) is 1. The number of benzene rings is 1. The number of para-hydroxylation sites is 1. The van der Waals surface area contributed by atoms with Gasteiger partial charge in [0.25, 0.3) is 5.91 Å². The third kappa shape index (κ3) is 3.32. The van der Waals surface area contributed by atoms with E-state index in [4.69, 9.17) is 4.74 Å². The molecule has 3 aliphatic rings. The zero-order valence-corrected chi connectivity index (χ0v) is 14.1. The van der Waals surface area contributed by atoms with E-state index in [1.165, 1.54) is 6.42 Å². The Kier molecular flexibility index (Phi) is 5.09. The number of ether oxygens (including phenoxy) is 1. The highest BCUT2D eigenvalue weighted by Crippen LogP contribution is 2.29. The highest BCUT2D eigenvalue weighted by Gasteiger charge is 2.34. The molecule has 2 fully saturated rings. The Labute approximate surface area is 143 Å². The molecule has 126 valence electrons. The van der Waals surface area contributed by atoms with Gasteiger partial charge in [0.1, 0.15) is 5.75 Å². The predicted molar refractivity (Wildman–Crippen MR) is 91.2 cm³/mol. The Morgan fingerprint density at radius 2 is 1.96 bits per heavy atom. The molecule has 1 aromatic rings. The van der Waals surface area contributed by atoms with Crippen LogP contribution in [0.1, 0.15) is 12.0 Å². The highest BCUT2D eigenvalue weighted by molar-refractivity contribution is 5.85. The monoisotopic (exact) mass is 337 g/mol. The van der Waals surface area contributed by atoms with Gasteiger partial charge in [-0.15, -0.1) is 12.4 Å². The van der Waals surface area contributed by atoms with Crippen LogP contribution < -0.4 is 10.1 Å². The number of halogens is 1. The van der Waals surface area contributed by atoms with Gasteiger partial charge in [0, 0.05) is 45.2 Å². The van der Waals surface area contributed by atoms with Crippen molar-refractivity contribution in [2.45, 2.75) is 25.0 Å². The number of nitrogens with zero attached hydrogens (tertiary/aromatic N) is 2. The third-order valence-corrected chi connectivity index (χ3v) is 5.10. The van der Waals surface area contributed by atoms with E-state index in [0.29, 0.717) is 12.5 Å². The maximum Gasteiger partial charge on any atom is 0.264 e. The first kappa shape index (κ1) is 16.6. The molecule has 1 aromatic carbocycles. The lowest BCUT2D eigenvalue weighted by Crippen LogP contribution is -2.54. The van der Waals surface area contributed by atoms with E-state index in [1.807, 2.05) is 29.2 Å². The third-order valence-electron chi connectivity index (χ3n) is 5.10. The van der Waals surface area contributed by atoms with Crippen LogP contribution in [0.4, 0.5) is 0 Å². The SMILES string of the molecule is Cl.O=C(C1Cc2ccccc2O1)N1CCN(C2CCNC2)CC1. The summed E-state index contributed by atoms with van der Waals surface area (Å²) in [6, 6.07) is 8.62. The standard InChI is InChI=1S/C17H23N3O2.ClH/c21-17(16-11-13-3-1-2-4-15(13)22-16)20-9-7-19(8-10-20)14-5-6-18-12-14;/h1-4,14,16,18H,5-12H2;1H. The lowest BCUT2D eigenvalue weighted by atomic mass is 10.1. The summed E-state index contributed by atoms with van der Waals surface area (Å²) < 4.78 is 5.83. The molecule has 2 saturated heterocycles. The van der Waals surface area contributed by atoms with Crippen LogP contribution in [-0.4, -0.2) is 67.1 Å². The summed E-state index contributed by atoms with van der Waals surface area (Å²) in [6.45, 7) is 5.83. The summed E-state index contributed by atoms with van der Waals surface area (Å²) in [4.78, 5) is 17.2. The van der Waals surface area contributed by atoms with Gasteiger partial charge in [0.2, 0.25) is 0 Å². The van der Waals surface area contributed by atoms with Crippen molar-refractivity contribution < 1.29 is 9.53 Å². The molecule has 0 bridgehead atoms. The Hall–Kier alpha value is -1.30. The first-order valence-electron chi connectivity index (χ1n) is 8.29. The fourth-order valence-corrected chi connectivity index (χ4v) is 3.78. The van der Waals surface area contributed by atoms with E-state index in [0.717, 1.165) is 50.6 Å². The second kappa shape index (κ2) is 7.07. The summed E-state index contributed by atoms with van der Waals surface area (Å²) in [6.07, 6.45) is 1.62. The fourth-order valence-electron chi connectivity index (χ4n) is 3.78. The number of carbonyl (C=O) groups is 1. The van der Waals surface area contributed by atoms with E-state index in [2.05, 4.69) is 10.2 Å². The van der Waals surface area contributed by atoms with Crippen molar-refractivity contribution in [3.8, 4) is 5.75 Å². The molecule has 5 nitrogen and oxygen atoms in total. The predicted octanol–water partition coefficient (Wildman–Crippen LogP) is 0.918. The van der Waals surface area contributed by atoms with Crippen molar-refractivity contribution in [2.24, 2.45) is 0 Å². The van der Waals surface area contributed by atoms with Crippen molar-refractivity contribution in [3.05, 3.63) is 29.8 Å². The Balaban J connectivity index is 0.00000156. The second-order valence-electron chi connectivity index (χ2n) is 6.43. The van der Waals surface area contributed by atoms with E-state index in [1.54, 1.807) is 0 Å². The topological polar surface area (TPSA) is 44.8 Å². The summed E-state index contributed by atoms with van der Waals surface area (Å²) in [7, 11) is 0. The number of carbonyl (C=O) groups excluding carboxylic acids is 1. The van der Waals surface area contributed by atoms with Crippen molar-refractivity contribution in [1.29, 1.82) is 0 Å². The molecular formula is C17H24ClN3O2. The number of rotatable bonds is 2. The molecule has 0 radical (unpaired) electrons. The lowest BCUT2D eigenvalue weighted by Gasteiger charge is -2.38. The fraction of sp³-hybridized carbons (Fsp3) is 0.588. The van der Waals surface area contributed by atoms with Crippen LogP contribution in [0.25, 0.3) is 0 Å². The maximum absolute atomic E-state index is 12.7. The number of hydrogen-bond donors (Lipinski definition) is 1. The van der Waals surface area contributed by atoms with Crippen molar-refractivity contribution in [2.75, 3.05) is 39.3 Å². The molecule has 0 spiro atoms. The van der Waals surface area contributed by atoms with Crippen LogP contribution in [0.15, 0.2) is 24.3 Å². The summed E-state index contributed by atoms with van der Waals surface area (Å²) in [5, 5.41) is 3.42. The van der Waals surface area contributed by atoms with Crippen molar-refractivity contribution >= 4 is 18.3 Å². The van der Waals surface area contributed by atoms with Gasteiger partial charge in [-0.05, 0) is 24.6 Å². The van der Waals surface area contributed by atoms with Crippen LogP contribution >= 0.6 is 12.4 Å². The van der Waals surface area contributed by atoms with Gasteiger partial charge in [0.05, 0.1) is 0 Å². The van der Waals surface area contributed by atoms with E-state index < -0.39 is 0 Å². The van der Waals surface area contributed by atoms with Gasteiger partial charge < -0.3 is 15.0 Å². The van der Waals surface area contributed by atoms with Crippen LogP contribution in [0, 0.1) is 0 Å². The molecule has 2 unspecified atom stereocenters. The first-order chi connectivity index (χ1) is 10.8. The zero-order valence-electron chi connectivity index (χ0n) is 13.2. The molecule has 3 heterocycles. The lowest BCUT2D eigenvalue weighted by molar-refractivity contribution is -0.140. The van der Waals surface area contributed by atoms with E-state index in [9.17, 15) is 4.79 Å². The largest absolute Gasteiger partial charge is 0.480 e. The average molecular weight is 338 g/mol. The Bertz CT molecular complexity index is 530. The Morgan fingerprint density at radius 1 is 1.17 bits per heavy atom. The minimum Gasteiger partial charge on any atom is -0.480 e. The minimum atomic E-state index is -0.322. The van der Waals surface area contributed by atoms with Crippen molar-refractivity contribution in [1.82, 2.24) is 15.1 Å². The molecule has 0 saturated carbocycles. The molecule has 4 rings (SSSR count). The van der Waals surface area contributed by atoms with Gasteiger partial charge in [-0.1, -0.05) is 18.2 Å². The summed E-state index contributed by atoms with van der Waals surface area (Å²) in [5.41, 5.74) is 1.15. The second-order valence-corrected chi connectivity index (χ2v) is 6.43. The van der Waals surface area contributed by atoms with E-state index >= 15 is 0 Å². The normalized spacial score (nSPS) is 27.2. The summed E-state index contributed by atoms with van der Waals surface area (Å²) >= 11 is 0. The molecule has 6 heteroatoms. The molecule has 0 aliphatic carbocycles. The van der Waals surface area contributed by atoms with Crippen LogP contribution in [0.5, 0.6) is 5.75 Å². The smallest absolute Gasteiger partial charge is 0.264 e.